The Morgan fingerprint density at radius 3 is 2.25 bits per heavy atom. The number of hydrogen-bond acceptors (Lipinski definition) is 3. The summed E-state index contributed by atoms with van der Waals surface area (Å²) in [6.07, 6.45) is 0. The van der Waals surface area contributed by atoms with E-state index in [4.69, 9.17) is 0 Å². The molecule has 0 bridgehead atoms. The monoisotopic (exact) mass is 227 g/mol. The van der Waals surface area contributed by atoms with Gasteiger partial charge in [0.05, 0.1) is 0 Å². The predicted octanol–water partition coefficient (Wildman–Crippen LogP) is 0.395. The van der Waals surface area contributed by atoms with Gasteiger partial charge >= 0.3 is 0 Å². The first-order valence-electron chi connectivity index (χ1n) is 6.17. The molecule has 0 aliphatic carbocycles. The lowest BCUT2D eigenvalue weighted by molar-refractivity contribution is -0.119. The molecule has 1 amide bonds. The summed E-state index contributed by atoms with van der Waals surface area (Å²) in [6, 6.07) is 0.470. The van der Waals surface area contributed by atoms with Crippen molar-refractivity contribution in [3.05, 3.63) is 0 Å². The molecule has 4 nitrogen and oxygen atoms in total. The predicted molar refractivity (Wildman–Crippen MR) is 66.4 cm³/mol. The Morgan fingerprint density at radius 1 is 1.25 bits per heavy atom. The second-order valence-corrected chi connectivity index (χ2v) is 5.09. The zero-order chi connectivity index (χ0) is 12.1. The smallest absolute Gasteiger partial charge is 0.216 e. The zero-order valence-electron chi connectivity index (χ0n) is 11.0. The summed E-state index contributed by atoms with van der Waals surface area (Å²) in [5.74, 6) is 0.648. The van der Waals surface area contributed by atoms with Crippen LogP contribution in [0.1, 0.15) is 20.8 Å². The van der Waals surface area contributed by atoms with Crippen molar-refractivity contribution in [1.82, 2.24) is 15.1 Å². The number of piperazine rings is 1. The lowest BCUT2D eigenvalue weighted by Crippen LogP contribution is -2.54. The van der Waals surface area contributed by atoms with E-state index in [0.717, 1.165) is 32.7 Å². The first-order chi connectivity index (χ1) is 7.50. The molecule has 0 aromatic heterocycles. The van der Waals surface area contributed by atoms with Crippen LogP contribution >= 0.6 is 0 Å². The van der Waals surface area contributed by atoms with Crippen molar-refractivity contribution in [2.75, 3.05) is 39.8 Å². The molecule has 94 valence electrons. The normalized spacial score (nSPS) is 21.1. The van der Waals surface area contributed by atoms with Crippen molar-refractivity contribution in [1.29, 1.82) is 0 Å². The molecule has 16 heavy (non-hydrogen) atoms. The molecule has 1 N–H and O–H groups in total. The van der Waals surface area contributed by atoms with Gasteiger partial charge in [0.15, 0.2) is 0 Å². The number of carbonyl (C=O) groups is 1. The maximum absolute atomic E-state index is 11.0. The molecule has 1 heterocycles. The lowest BCUT2D eigenvalue weighted by Gasteiger charge is -2.39. The number of carbonyl (C=O) groups excluding carboxylic acids is 1. The van der Waals surface area contributed by atoms with E-state index in [0.29, 0.717) is 12.0 Å². The largest absolute Gasteiger partial charge is 0.355 e. The van der Waals surface area contributed by atoms with Crippen molar-refractivity contribution < 1.29 is 4.79 Å². The van der Waals surface area contributed by atoms with Gasteiger partial charge < -0.3 is 10.2 Å². The van der Waals surface area contributed by atoms with Crippen LogP contribution in [-0.4, -0.2) is 61.5 Å². The molecule has 0 aromatic rings. The van der Waals surface area contributed by atoms with Gasteiger partial charge in [0.2, 0.25) is 5.91 Å². The van der Waals surface area contributed by atoms with Gasteiger partial charge in [-0.1, -0.05) is 13.8 Å². The molecule has 1 saturated heterocycles. The molecular weight excluding hydrogens is 202 g/mol. The van der Waals surface area contributed by atoms with E-state index in [1.165, 1.54) is 0 Å². The number of nitrogens with one attached hydrogen (secondary N) is 1. The van der Waals surface area contributed by atoms with Crippen molar-refractivity contribution in [3.63, 3.8) is 0 Å². The summed E-state index contributed by atoms with van der Waals surface area (Å²) in [5.41, 5.74) is 0. The van der Waals surface area contributed by atoms with Crippen LogP contribution in [0.2, 0.25) is 0 Å². The number of likely N-dealkylation sites (N-methyl/N-ethyl adjacent to an activating group) is 1. The van der Waals surface area contributed by atoms with Crippen molar-refractivity contribution >= 4 is 5.91 Å². The Kier molecular flexibility index (Phi) is 5.22. The number of rotatable bonds is 4. The van der Waals surface area contributed by atoms with Gasteiger partial charge in [0.25, 0.3) is 0 Å². The van der Waals surface area contributed by atoms with Gasteiger partial charge in [0, 0.05) is 45.7 Å². The Morgan fingerprint density at radius 2 is 1.81 bits per heavy atom. The average Bonchev–Trinajstić information content (AvgIpc) is 2.20. The average molecular weight is 227 g/mol. The van der Waals surface area contributed by atoms with Gasteiger partial charge in [-0.15, -0.1) is 0 Å². The van der Waals surface area contributed by atoms with E-state index in [2.05, 4.69) is 36.0 Å². The van der Waals surface area contributed by atoms with Crippen molar-refractivity contribution in [2.24, 2.45) is 5.92 Å². The Labute approximate surface area is 99.0 Å². The summed E-state index contributed by atoms with van der Waals surface area (Å²) in [5, 5.41) is 2.94. The summed E-state index contributed by atoms with van der Waals surface area (Å²) >= 11 is 0. The molecule has 0 radical (unpaired) electrons. The standard InChI is InChI=1S/C12H25N3O/c1-10(2)12(9-13-11(3)16)15-7-5-14(4)6-8-15/h10,12H,5-9H2,1-4H3,(H,13,16). The molecule has 1 aliphatic rings. The SMILES string of the molecule is CC(=O)NCC(C(C)C)N1CCN(C)CC1. The molecule has 0 aromatic carbocycles. The molecule has 0 spiro atoms. The van der Waals surface area contributed by atoms with Crippen molar-refractivity contribution in [2.45, 2.75) is 26.8 Å². The van der Waals surface area contributed by atoms with Crippen LogP contribution in [0.15, 0.2) is 0 Å². The quantitative estimate of drug-likeness (QED) is 0.755. The Balaban J connectivity index is 2.46. The highest BCUT2D eigenvalue weighted by atomic mass is 16.1. The molecule has 1 unspecified atom stereocenters. The Bertz CT molecular complexity index is 222. The summed E-state index contributed by atoms with van der Waals surface area (Å²) in [4.78, 5) is 15.8. The van der Waals surface area contributed by atoms with E-state index in [1.807, 2.05) is 0 Å². The molecule has 4 heteroatoms. The van der Waals surface area contributed by atoms with Crippen LogP contribution in [0.3, 0.4) is 0 Å². The highest BCUT2D eigenvalue weighted by Crippen LogP contribution is 2.12. The third kappa shape index (κ3) is 4.10. The number of hydrogen-bond donors (Lipinski definition) is 1. The second kappa shape index (κ2) is 6.21. The fourth-order valence-electron chi connectivity index (χ4n) is 2.19. The van der Waals surface area contributed by atoms with Gasteiger partial charge in [0.1, 0.15) is 0 Å². The highest BCUT2D eigenvalue weighted by molar-refractivity contribution is 5.72. The van der Waals surface area contributed by atoms with E-state index in [-0.39, 0.29) is 5.91 Å². The maximum atomic E-state index is 11.0. The summed E-state index contributed by atoms with van der Waals surface area (Å²) in [6.45, 7) is 11.3. The van der Waals surface area contributed by atoms with Gasteiger partial charge in [-0.2, -0.15) is 0 Å². The third-order valence-corrected chi connectivity index (χ3v) is 3.34. The highest BCUT2D eigenvalue weighted by Gasteiger charge is 2.24. The number of amides is 1. The van der Waals surface area contributed by atoms with Gasteiger partial charge in [-0.05, 0) is 13.0 Å². The number of nitrogens with zero attached hydrogens (tertiary/aromatic N) is 2. The van der Waals surface area contributed by atoms with Crippen LogP contribution in [0.5, 0.6) is 0 Å². The zero-order valence-corrected chi connectivity index (χ0v) is 11.0. The molecular formula is C12H25N3O. The maximum Gasteiger partial charge on any atom is 0.216 e. The van der Waals surface area contributed by atoms with Crippen molar-refractivity contribution in [3.8, 4) is 0 Å². The first kappa shape index (κ1) is 13.5. The van der Waals surface area contributed by atoms with Crippen LogP contribution in [0.25, 0.3) is 0 Å². The fraction of sp³-hybridized carbons (Fsp3) is 0.917. The topological polar surface area (TPSA) is 35.6 Å². The first-order valence-corrected chi connectivity index (χ1v) is 6.17. The summed E-state index contributed by atoms with van der Waals surface area (Å²) in [7, 11) is 2.16. The van der Waals surface area contributed by atoms with E-state index >= 15 is 0 Å². The summed E-state index contributed by atoms with van der Waals surface area (Å²) < 4.78 is 0. The van der Waals surface area contributed by atoms with Gasteiger partial charge in [-0.25, -0.2) is 0 Å². The molecule has 0 saturated carbocycles. The molecule has 1 fully saturated rings. The fourth-order valence-corrected chi connectivity index (χ4v) is 2.19. The van der Waals surface area contributed by atoms with E-state index < -0.39 is 0 Å². The molecule has 1 atom stereocenters. The van der Waals surface area contributed by atoms with Crippen LogP contribution in [0.4, 0.5) is 0 Å². The Hall–Kier alpha value is -0.610. The van der Waals surface area contributed by atoms with Crippen LogP contribution in [-0.2, 0) is 4.79 Å². The van der Waals surface area contributed by atoms with E-state index in [1.54, 1.807) is 6.92 Å². The molecule has 1 aliphatic heterocycles. The van der Waals surface area contributed by atoms with E-state index in [9.17, 15) is 4.79 Å². The second-order valence-electron chi connectivity index (χ2n) is 5.09. The van der Waals surface area contributed by atoms with Gasteiger partial charge in [-0.3, -0.25) is 9.69 Å². The van der Waals surface area contributed by atoms with Crippen LogP contribution in [0, 0.1) is 5.92 Å². The third-order valence-electron chi connectivity index (χ3n) is 3.34. The van der Waals surface area contributed by atoms with Crippen LogP contribution < -0.4 is 5.32 Å². The minimum atomic E-state index is 0.0692. The minimum absolute atomic E-state index is 0.0692. The lowest BCUT2D eigenvalue weighted by atomic mass is 10.0. The minimum Gasteiger partial charge on any atom is -0.355 e. The molecule has 1 rings (SSSR count).